The van der Waals surface area contributed by atoms with Crippen LogP contribution in [-0.2, 0) is 4.79 Å². The number of urea groups is 1. The van der Waals surface area contributed by atoms with E-state index in [1.54, 1.807) is 17.9 Å². The highest BCUT2D eigenvalue weighted by molar-refractivity contribution is 6.01. The Kier molecular flexibility index (Phi) is 5.70. The van der Waals surface area contributed by atoms with Gasteiger partial charge in [0.05, 0.1) is 18.3 Å². The van der Waals surface area contributed by atoms with Crippen LogP contribution in [0.4, 0.5) is 4.79 Å². The minimum absolute atomic E-state index is 0.00318. The average Bonchev–Trinajstić information content (AvgIpc) is 3.32. The van der Waals surface area contributed by atoms with Crippen LogP contribution in [0.5, 0.6) is 0 Å². The lowest BCUT2D eigenvalue weighted by atomic mass is 10.1. The number of hydrogen-bond donors (Lipinski definition) is 3. The Morgan fingerprint density at radius 1 is 1.37 bits per heavy atom. The third-order valence-electron chi connectivity index (χ3n) is 4.28. The molecule has 0 bridgehead atoms. The fourth-order valence-corrected chi connectivity index (χ4v) is 2.81. The Morgan fingerprint density at radius 2 is 2.22 bits per heavy atom. The van der Waals surface area contributed by atoms with Gasteiger partial charge in [-0.2, -0.15) is 5.10 Å². The van der Waals surface area contributed by atoms with Crippen LogP contribution < -0.4 is 16.0 Å². The van der Waals surface area contributed by atoms with Crippen molar-refractivity contribution in [1.29, 1.82) is 0 Å². The third-order valence-corrected chi connectivity index (χ3v) is 4.28. The fraction of sp³-hybridized carbons (Fsp3) is 0.333. The van der Waals surface area contributed by atoms with Gasteiger partial charge in [0.2, 0.25) is 5.91 Å². The summed E-state index contributed by atoms with van der Waals surface area (Å²) in [4.78, 5) is 28.5. The van der Waals surface area contributed by atoms with E-state index in [2.05, 4.69) is 32.1 Å². The van der Waals surface area contributed by atoms with E-state index in [4.69, 9.17) is 0 Å². The second-order valence-electron chi connectivity index (χ2n) is 6.11. The van der Waals surface area contributed by atoms with Crippen molar-refractivity contribution < 1.29 is 9.59 Å². The molecule has 0 radical (unpaired) electrons. The predicted octanol–water partition coefficient (Wildman–Crippen LogP) is 0.650. The zero-order valence-electron chi connectivity index (χ0n) is 15.3. The third kappa shape index (κ3) is 4.43. The smallest absolute Gasteiger partial charge is 0.324 e. The van der Waals surface area contributed by atoms with Gasteiger partial charge in [0.25, 0.3) is 0 Å². The van der Waals surface area contributed by atoms with Gasteiger partial charge in [-0.3, -0.25) is 14.7 Å². The highest BCUT2D eigenvalue weighted by Gasteiger charge is 2.27. The van der Waals surface area contributed by atoms with Gasteiger partial charge in [0.1, 0.15) is 0 Å². The Morgan fingerprint density at radius 3 is 2.89 bits per heavy atom. The van der Waals surface area contributed by atoms with Crippen molar-refractivity contribution in [3.05, 3.63) is 48.3 Å². The van der Waals surface area contributed by atoms with Gasteiger partial charge in [-0.25, -0.2) is 9.48 Å². The number of nitrogens with one attached hydrogen (secondary N) is 3. The molecule has 0 saturated carbocycles. The summed E-state index contributed by atoms with van der Waals surface area (Å²) in [6.07, 6.45) is 3.64. The number of imide groups is 1. The number of rotatable bonds is 6. The van der Waals surface area contributed by atoms with E-state index in [9.17, 15) is 9.59 Å². The number of carbonyl (C=O) groups excluding carboxylic acids is 2. The van der Waals surface area contributed by atoms with Crippen LogP contribution in [0.25, 0.3) is 5.69 Å². The lowest BCUT2D eigenvalue weighted by Crippen LogP contribution is -2.43. The number of benzene rings is 1. The summed E-state index contributed by atoms with van der Waals surface area (Å²) in [6.45, 7) is 2.80. The summed E-state index contributed by atoms with van der Waals surface area (Å²) in [5.74, 6) is 0.382. The maximum atomic E-state index is 11.6. The van der Waals surface area contributed by atoms with E-state index in [1.165, 1.54) is 4.90 Å². The monoisotopic (exact) mass is 369 g/mol. The lowest BCUT2D eigenvalue weighted by Gasteiger charge is -2.20. The molecule has 2 aromatic rings. The summed E-state index contributed by atoms with van der Waals surface area (Å²) in [7, 11) is 1.68. The van der Waals surface area contributed by atoms with Crippen LogP contribution >= 0.6 is 0 Å². The Balaban J connectivity index is 1.56. The van der Waals surface area contributed by atoms with E-state index in [0.29, 0.717) is 12.5 Å². The zero-order chi connectivity index (χ0) is 19.2. The van der Waals surface area contributed by atoms with Crippen molar-refractivity contribution >= 4 is 17.9 Å². The van der Waals surface area contributed by atoms with Crippen molar-refractivity contribution in [2.75, 3.05) is 26.7 Å². The van der Waals surface area contributed by atoms with E-state index in [1.807, 2.05) is 37.4 Å². The molecule has 0 aliphatic carbocycles. The summed E-state index contributed by atoms with van der Waals surface area (Å²) in [6, 6.07) is 9.60. The van der Waals surface area contributed by atoms with Crippen molar-refractivity contribution in [3.8, 4) is 5.69 Å². The molecule has 9 heteroatoms. The molecule has 1 unspecified atom stereocenters. The van der Waals surface area contributed by atoms with Gasteiger partial charge in [-0.1, -0.05) is 12.1 Å². The molecule has 27 heavy (non-hydrogen) atoms. The topological polar surface area (TPSA) is 104 Å². The minimum Gasteiger partial charge on any atom is -0.355 e. The molecule has 9 nitrogen and oxygen atoms in total. The first kappa shape index (κ1) is 18.4. The molecule has 1 atom stereocenters. The van der Waals surface area contributed by atoms with E-state index in [-0.39, 0.29) is 31.1 Å². The van der Waals surface area contributed by atoms with Crippen LogP contribution in [0, 0.1) is 0 Å². The molecule has 2 heterocycles. The number of amides is 3. The average molecular weight is 369 g/mol. The highest BCUT2D eigenvalue weighted by atomic mass is 16.2. The molecule has 1 aromatic heterocycles. The molecule has 3 rings (SSSR count). The Hall–Kier alpha value is -3.36. The number of nitrogens with zero attached hydrogens (tertiary/aromatic N) is 4. The number of hydrogen-bond acceptors (Lipinski definition) is 4. The van der Waals surface area contributed by atoms with Gasteiger partial charge in [0.15, 0.2) is 5.96 Å². The number of guanidine groups is 1. The molecule has 0 spiro atoms. The Labute approximate surface area is 157 Å². The quantitative estimate of drug-likeness (QED) is 0.394. The summed E-state index contributed by atoms with van der Waals surface area (Å²) in [5, 5.41) is 13.2. The van der Waals surface area contributed by atoms with Crippen LogP contribution in [0.2, 0.25) is 0 Å². The van der Waals surface area contributed by atoms with Crippen LogP contribution in [0.3, 0.4) is 0 Å². The first-order chi connectivity index (χ1) is 13.1. The van der Waals surface area contributed by atoms with E-state index in [0.717, 1.165) is 11.3 Å². The molecule has 142 valence electrons. The van der Waals surface area contributed by atoms with Crippen molar-refractivity contribution in [2.24, 2.45) is 4.99 Å². The zero-order valence-corrected chi connectivity index (χ0v) is 15.3. The van der Waals surface area contributed by atoms with Crippen molar-refractivity contribution in [1.82, 2.24) is 30.6 Å². The number of aliphatic imine (C=N–C) groups is 1. The van der Waals surface area contributed by atoms with Gasteiger partial charge in [-0.15, -0.1) is 0 Å². The van der Waals surface area contributed by atoms with Gasteiger partial charge in [0, 0.05) is 32.5 Å². The first-order valence-corrected chi connectivity index (χ1v) is 8.74. The molecular formula is C18H23N7O2. The molecular weight excluding hydrogens is 346 g/mol. The van der Waals surface area contributed by atoms with Gasteiger partial charge < -0.3 is 16.0 Å². The molecule has 1 aliphatic heterocycles. The fourth-order valence-electron chi connectivity index (χ4n) is 2.81. The molecule has 1 fully saturated rings. The Bertz CT molecular complexity index is 816. The van der Waals surface area contributed by atoms with Gasteiger partial charge in [-0.05, 0) is 30.7 Å². The second-order valence-corrected chi connectivity index (χ2v) is 6.11. The van der Waals surface area contributed by atoms with Crippen molar-refractivity contribution in [2.45, 2.75) is 13.0 Å². The lowest BCUT2D eigenvalue weighted by molar-refractivity contribution is -0.124. The molecule has 1 saturated heterocycles. The second kappa shape index (κ2) is 8.35. The number of carbonyl (C=O) groups is 2. The van der Waals surface area contributed by atoms with Crippen molar-refractivity contribution in [3.63, 3.8) is 0 Å². The SMILES string of the molecule is CN=C(NCCN1C(=O)CNC1=O)NC(C)c1cccc(-n2cccn2)c1. The summed E-state index contributed by atoms with van der Waals surface area (Å²) >= 11 is 0. The van der Waals surface area contributed by atoms with Crippen LogP contribution in [0.1, 0.15) is 18.5 Å². The largest absolute Gasteiger partial charge is 0.355 e. The number of aromatic nitrogens is 2. The summed E-state index contributed by atoms with van der Waals surface area (Å²) < 4.78 is 1.81. The maximum Gasteiger partial charge on any atom is 0.324 e. The van der Waals surface area contributed by atoms with Gasteiger partial charge >= 0.3 is 6.03 Å². The summed E-state index contributed by atoms with van der Waals surface area (Å²) in [5.41, 5.74) is 2.06. The highest BCUT2D eigenvalue weighted by Crippen LogP contribution is 2.16. The molecule has 3 N–H and O–H groups in total. The molecule has 1 aliphatic rings. The normalized spacial score (nSPS) is 15.6. The standard InChI is InChI=1S/C18H23N7O2/c1-13(14-5-3-6-15(11-14)25-9-4-7-22-25)23-17(19-2)20-8-10-24-16(26)12-21-18(24)27/h3-7,9,11,13H,8,10,12H2,1-2H3,(H,21,27)(H2,19,20,23). The van der Waals surface area contributed by atoms with E-state index >= 15 is 0 Å². The van der Waals surface area contributed by atoms with Crippen LogP contribution in [0.15, 0.2) is 47.7 Å². The molecule has 1 aromatic carbocycles. The molecule has 3 amide bonds. The van der Waals surface area contributed by atoms with E-state index < -0.39 is 0 Å². The predicted molar refractivity (Wildman–Crippen MR) is 102 cm³/mol. The minimum atomic E-state index is -0.353. The first-order valence-electron chi connectivity index (χ1n) is 8.74. The maximum absolute atomic E-state index is 11.6. The van der Waals surface area contributed by atoms with Crippen LogP contribution in [-0.4, -0.2) is 59.3 Å².